The molecular weight excluding hydrogens is 538 g/mol. The molecule has 3 N–H and O–H groups in total. The molecule has 1 aromatic carbocycles. The van der Waals surface area contributed by atoms with E-state index >= 15 is 0 Å². The lowest BCUT2D eigenvalue weighted by molar-refractivity contribution is -0.138. The molecule has 2 amide bonds. The maximum absolute atomic E-state index is 12.4. The second kappa shape index (κ2) is 12.1. The number of amides is 2. The van der Waals surface area contributed by atoms with Crippen LogP contribution in [0, 0.1) is 0 Å². The van der Waals surface area contributed by atoms with Gasteiger partial charge in [0.25, 0.3) is 0 Å². The topological polar surface area (TPSA) is 151 Å². The van der Waals surface area contributed by atoms with Crippen LogP contribution in [0.25, 0.3) is 22.4 Å². The molecule has 42 heavy (non-hydrogen) atoms. The normalized spacial score (nSPS) is 18.2. The average molecular weight is 572 g/mol. The molecule has 13 nitrogen and oxygen atoms in total. The minimum Gasteiger partial charge on any atom is -0.480 e. The minimum atomic E-state index is -0.810. The molecule has 3 aromatic heterocycles. The van der Waals surface area contributed by atoms with E-state index in [-0.39, 0.29) is 24.7 Å². The Bertz CT molecular complexity index is 1550. The van der Waals surface area contributed by atoms with E-state index in [0.717, 1.165) is 35.3 Å². The zero-order valence-corrected chi connectivity index (χ0v) is 23.3. The number of ether oxygens (including phenoxy) is 1. The van der Waals surface area contributed by atoms with E-state index in [9.17, 15) is 14.7 Å². The van der Waals surface area contributed by atoms with Gasteiger partial charge in [0, 0.05) is 43.6 Å². The zero-order valence-electron chi connectivity index (χ0n) is 23.3. The summed E-state index contributed by atoms with van der Waals surface area (Å²) in [5.74, 6) is 0.570. The molecule has 2 fully saturated rings. The highest BCUT2D eigenvalue weighted by molar-refractivity contribution is 5.99. The minimum absolute atomic E-state index is 0.0498. The first-order chi connectivity index (χ1) is 20.4. The van der Waals surface area contributed by atoms with Gasteiger partial charge in [-0.2, -0.15) is 5.10 Å². The first-order valence-corrected chi connectivity index (χ1v) is 14.1. The van der Waals surface area contributed by atoms with Crippen molar-refractivity contribution in [3.63, 3.8) is 0 Å². The number of morpholine rings is 1. The molecule has 218 valence electrons. The van der Waals surface area contributed by atoms with E-state index in [2.05, 4.69) is 27.4 Å². The second-order valence-electron chi connectivity index (χ2n) is 10.6. The van der Waals surface area contributed by atoms with Gasteiger partial charge in [-0.05, 0) is 56.2 Å². The number of benzene rings is 1. The van der Waals surface area contributed by atoms with Gasteiger partial charge in [-0.15, -0.1) is 0 Å². The first kappa shape index (κ1) is 27.5. The van der Waals surface area contributed by atoms with Crippen molar-refractivity contribution in [1.82, 2.24) is 29.6 Å². The van der Waals surface area contributed by atoms with Crippen molar-refractivity contribution in [3.05, 3.63) is 55.0 Å². The third kappa shape index (κ3) is 6.16. The fraction of sp³-hybridized carbons (Fsp3) is 0.379. The molecule has 1 unspecified atom stereocenters. The number of nitrogens with zero attached hydrogens (tertiary/aromatic N) is 7. The van der Waals surface area contributed by atoms with E-state index < -0.39 is 5.97 Å². The molecule has 1 atom stereocenters. The average Bonchev–Trinajstić information content (AvgIpc) is 3.42. The quantitative estimate of drug-likeness (QED) is 0.301. The fourth-order valence-corrected chi connectivity index (χ4v) is 5.51. The SMILES string of the molecule is CC1CN(c2nc(-c3ccc(NC(=O)Nc4cccnc4)cc3)nc3c2cnn3C2CCN(CC(=O)O)CC2)CCO1. The number of piperidine rings is 1. The Labute approximate surface area is 242 Å². The van der Waals surface area contributed by atoms with Crippen molar-refractivity contribution in [1.29, 1.82) is 0 Å². The van der Waals surface area contributed by atoms with Crippen molar-refractivity contribution >= 4 is 40.2 Å². The van der Waals surface area contributed by atoms with Crippen LogP contribution in [-0.4, -0.2) is 92.2 Å². The van der Waals surface area contributed by atoms with Gasteiger partial charge in [-0.25, -0.2) is 19.4 Å². The summed E-state index contributed by atoms with van der Waals surface area (Å²) >= 11 is 0. The molecule has 4 aromatic rings. The van der Waals surface area contributed by atoms with Crippen LogP contribution in [0.1, 0.15) is 25.8 Å². The maximum atomic E-state index is 12.4. The van der Waals surface area contributed by atoms with Crippen LogP contribution in [0.15, 0.2) is 55.0 Å². The summed E-state index contributed by atoms with van der Waals surface area (Å²) < 4.78 is 7.76. The van der Waals surface area contributed by atoms with Crippen LogP contribution in [0.4, 0.5) is 22.0 Å². The van der Waals surface area contributed by atoms with Crippen LogP contribution < -0.4 is 15.5 Å². The number of carboxylic acid groups (broad SMARTS) is 1. The number of carbonyl (C=O) groups excluding carboxylic acids is 1. The highest BCUT2D eigenvalue weighted by Crippen LogP contribution is 2.32. The van der Waals surface area contributed by atoms with Crippen molar-refractivity contribution in [3.8, 4) is 11.4 Å². The number of pyridine rings is 1. The van der Waals surface area contributed by atoms with Crippen LogP contribution in [0.5, 0.6) is 0 Å². The van der Waals surface area contributed by atoms with Crippen LogP contribution in [-0.2, 0) is 9.53 Å². The number of carboxylic acids is 1. The zero-order chi connectivity index (χ0) is 29.1. The molecular formula is C29H33N9O4. The number of likely N-dealkylation sites (tertiary alicyclic amines) is 1. The number of anilines is 3. The Morgan fingerprint density at radius 3 is 2.52 bits per heavy atom. The lowest BCUT2D eigenvalue weighted by atomic mass is 10.1. The summed E-state index contributed by atoms with van der Waals surface area (Å²) in [5.41, 5.74) is 2.79. The van der Waals surface area contributed by atoms with E-state index in [1.807, 2.05) is 40.0 Å². The summed E-state index contributed by atoms with van der Waals surface area (Å²) in [7, 11) is 0. The maximum Gasteiger partial charge on any atom is 0.323 e. The van der Waals surface area contributed by atoms with Crippen LogP contribution in [0.2, 0.25) is 0 Å². The number of aromatic nitrogens is 5. The third-order valence-corrected chi connectivity index (χ3v) is 7.56. The number of nitrogens with one attached hydrogen (secondary N) is 2. The number of hydrogen-bond acceptors (Lipinski definition) is 9. The largest absolute Gasteiger partial charge is 0.480 e. The van der Waals surface area contributed by atoms with Crippen molar-refractivity contribution in [2.75, 3.05) is 54.9 Å². The van der Waals surface area contributed by atoms with Gasteiger partial charge in [-0.3, -0.25) is 14.7 Å². The van der Waals surface area contributed by atoms with Gasteiger partial charge in [0.15, 0.2) is 11.5 Å². The van der Waals surface area contributed by atoms with E-state index in [1.165, 1.54) is 0 Å². The fourth-order valence-electron chi connectivity index (χ4n) is 5.51. The Balaban J connectivity index is 1.28. The van der Waals surface area contributed by atoms with Crippen molar-refractivity contribution < 1.29 is 19.4 Å². The second-order valence-corrected chi connectivity index (χ2v) is 10.6. The molecule has 0 aliphatic carbocycles. The van der Waals surface area contributed by atoms with Gasteiger partial charge in [-0.1, -0.05) is 0 Å². The summed E-state index contributed by atoms with van der Waals surface area (Å²) in [5, 5.41) is 20.4. The summed E-state index contributed by atoms with van der Waals surface area (Å²) in [6.45, 7) is 5.51. The number of carbonyl (C=O) groups is 2. The lowest BCUT2D eigenvalue weighted by Crippen LogP contribution is -2.41. The van der Waals surface area contributed by atoms with Crippen LogP contribution in [0.3, 0.4) is 0 Å². The highest BCUT2D eigenvalue weighted by Gasteiger charge is 2.27. The first-order valence-electron chi connectivity index (χ1n) is 14.1. The number of rotatable bonds is 7. The number of hydrogen-bond donors (Lipinski definition) is 3. The van der Waals surface area contributed by atoms with Crippen LogP contribution >= 0.6 is 0 Å². The molecule has 0 saturated carbocycles. The summed E-state index contributed by atoms with van der Waals surface area (Å²) in [6, 6.07) is 10.7. The third-order valence-electron chi connectivity index (χ3n) is 7.56. The monoisotopic (exact) mass is 571 g/mol. The molecule has 6 rings (SSSR count). The Hall–Kier alpha value is -4.62. The van der Waals surface area contributed by atoms with E-state index in [1.54, 1.807) is 24.5 Å². The van der Waals surface area contributed by atoms with Crippen molar-refractivity contribution in [2.45, 2.75) is 31.9 Å². The van der Waals surface area contributed by atoms with Crippen molar-refractivity contribution in [2.24, 2.45) is 0 Å². The Kier molecular flexibility index (Phi) is 7.93. The van der Waals surface area contributed by atoms with E-state index in [0.29, 0.717) is 50.0 Å². The Morgan fingerprint density at radius 1 is 1.02 bits per heavy atom. The molecule has 0 radical (unpaired) electrons. The van der Waals surface area contributed by atoms with Gasteiger partial charge < -0.3 is 25.4 Å². The highest BCUT2D eigenvalue weighted by atomic mass is 16.5. The van der Waals surface area contributed by atoms with Gasteiger partial charge in [0.2, 0.25) is 0 Å². The molecule has 13 heteroatoms. The number of aliphatic carboxylic acids is 1. The van der Waals surface area contributed by atoms with Gasteiger partial charge in [0.1, 0.15) is 5.82 Å². The summed E-state index contributed by atoms with van der Waals surface area (Å²) in [6.07, 6.45) is 6.71. The molecule has 2 saturated heterocycles. The smallest absolute Gasteiger partial charge is 0.323 e. The van der Waals surface area contributed by atoms with Gasteiger partial charge in [0.05, 0.1) is 48.8 Å². The standard InChI is InChI=1S/C29H33N9O4/c1-19-17-37(13-14-42-19)27-24-16-31-38(23-8-11-36(12-9-23)18-25(39)40)28(24)35-26(34-27)20-4-6-21(7-5-20)32-29(41)33-22-3-2-10-30-15-22/h2-7,10,15-16,19,23H,8-9,11-14,17-18H2,1H3,(H,39,40)(H2,32,33,41). The Morgan fingerprint density at radius 2 is 1.81 bits per heavy atom. The van der Waals surface area contributed by atoms with Gasteiger partial charge >= 0.3 is 12.0 Å². The lowest BCUT2D eigenvalue weighted by Gasteiger charge is -2.33. The van der Waals surface area contributed by atoms with E-state index in [4.69, 9.17) is 19.8 Å². The predicted molar refractivity (Wildman–Crippen MR) is 158 cm³/mol. The molecule has 0 bridgehead atoms. The predicted octanol–water partition coefficient (Wildman–Crippen LogP) is 3.48. The molecule has 5 heterocycles. The molecule has 2 aliphatic rings. The molecule has 0 spiro atoms. The molecule has 2 aliphatic heterocycles. The number of fused-ring (bicyclic) bond motifs is 1. The summed E-state index contributed by atoms with van der Waals surface area (Å²) in [4.78, 5) is 41.8. The number of urea groups is 1.